The molecule has 0 atom stereocenters. The minimum Gasteiger partial charge on any atom is -0.372 e. The van der Waals surface area contributed by atoms with Crippen molar-refractivity contribution < 1.29 is 8.42 Å². The normalized spacial score (nSPS) is 11.5. The zero-order valence-electron chi connectivity index (χ0n) is 18.7. The predicted octanol–water partition coefficient (Wildman–Crippen LogP) is 5.94. The zero-order valence-corrected chi connectivity index (χ0v) is 20.3. The maximum absolute atomic E-state index is 11.8. The third-order valence-electron chi connectivity index (χ3n) is 5.46. The summed E-state index contributed by atoms with van der Waals surface area (Å²) < 4.78 is 23.6. The number of halogens is 1. The summed E-state index contributed by atoms with van der Waals surface area (Å²) in [6, 6.07) is 20.3. The molecule has 1 aromatic heterocycles. The van der Waals surface area contributed by atoms with Crippen LogP contribution in [0.5, 0.6) is 0 Å². The molecule has 1 N–H and O–H groups in total. The molecule has 0 saturated heterocycles. The summed E-state index contributed by atoms with van der Waals surface area (Å²) in [7, 11) is -3.28. The first kappa shape index (κ1) is 23.0. The van der Waals surface area contributed by atoms with Gasteiger partial charge in [-0.15, -0.1) is 0 Å². The fourth-order valence-corrected chi connectivity index (χ4v) is 4.46. The summed E-state index contributed by atoms with van der Waals surface area (Å²) in [6.07, 6.45) is 1.18. The lowest BCUT2D eigenvalue weighted by molar-refractivity contribution is 0.602. The van der Waals surface area contributed by atoms with E-state index in [0.29, 0.717) is 27.7 Å². The van der Waals surface area contributed by atoms with Crippen molar-refractivity contribution in [3.8, 4) is 11.4 Å². The third kappa shape index (κ3) is 5.10. The maximum atomic E-state index is 11.8. The van der Waals surface area contributed by atoms with Gasteiger partial charge < -0.3 is 10.2 Å². The van der Waals surface area contributed by atoms with Crippen LogP contribution in [0.15, 0.2) is 71.6 Å². The SMILES string of the molecule is CCN(CC)c1ccc(Nc2nc(-c3ccc(S(C)(=O)=O)cc3)nc3cc(Cl)ccc23)cc1. The van der Waals surface area contributed by atoms with Crippen LogP contribution in [0.1, 0.15) is 13.8 Å². The van der Waals surface area contributed by atoms with Gasteiger partial charge in [0.05, 0.1) is 10.4 Å². The highest BCUT2D eigenvalue weighted by molar-refractivity contribution is 7.90. The van der Waals surface area contributed by atoms with E-state index in [9.17, 15) is 8.42 Å². The number of benzene rings is 3. The number of hydrogen-bond acceptors (Lipinski definition) is 6. The van der Waals surface area contributed by atoms with Crippen LogP contribution in [0, 0.1) is 0 Å². The smallest absolute Gasteiger partial charge is 0.175 e. The Kier molecular flexibility index (Phi) is 6.54. The molecule has 0 bridgehead atoms. The molecule has 8 heteroatoms. The van der Waals surface area contributed by atoms with Crippen molar-refractivity contribution in [2.45, 2.75) is 18.7 Å². The summed E-state index contributed by atoms with van der Waals surface area (Å²) in [5, 5.41) is 4.82. The van der Waals surface area contributed by atoms with Crippen LogP contribution in [0.3, 0.4) is 0 Å². The van der Waals surface area contributed by atoms with Crippen LogP contribution in [-0.2, 0) is 9.84 Å². The number of anilines is 3. The molecule has 1 heterocycles. The second kappa shape index (κ2) is 9.37. The topological polar surface area (TPSA) is 75.2 Å². The van der Waals surface area contributed by atoms with Crippen molar-refractivity contribution in [3.63, 3.8) is 0 Å². The van der Waals surface area contributed by atoms with E-state index < -0.39 is 9.84 Å². The maximum Gasteiger partial charge on any atom is 0.175 e. The Morgan fingerprint density at radius 1 is 0.909 bits per heavy atom. The molecule has 4 aromatic rings. The summed E-state index contributed by atoms with van der Waals surface area (Å²) in [5.74, 6) is 1.13. The van der Waals surface area contributed by atoms with Crippen LogP contribution < -0.4 is 10.2 Å². The Labute approximate surface area is 199 Å². The lowest BCUT2D eigenvalue weighted by Gasteiger charge is -2.21. The number of aromatic nitrogens is 2. The molecule has 0 unspecified atom stereocenters. The molecule has 170 valence electrons. The Morgan fingerprint density at radius 2 is 1.58 bits per heavy atom. The molecule has 0 spiro atoms. The van der Waals surface area contributed by atoms with Gasteiger partial charge in [-0.3, -0.25) is 0 Å². The molecular weight excluding hydrogens is 456 g/mol. The lowest BCUT2D eigenvalue weighted by atomic mass is 10.1. The highest BCUT2D eigenvalue weighted by atomic mass is 35.5. The number of nitrogens with zero attached hydrogens (tertiary/aromatic N) is 3. The van der Waals surface area contributed by atoms with Crippen molar-refractivity contribution in [1.82, 2.24) is 9.97 Å². The van der Waals surface area contributed by atoms with Gasteiger partial charge in [0.2, 0.25) is 0 Å². The van der Waals surface area contributed by atoms with Crippen molar-refractivity contribution in [2.75, 3.05) is 29.6 Å². The van der Waals surface area contributed by atoms with Gasteiger partial charge in [0.15, 0.2) is 15.7 Å². The Hall–Kier alpha value is -3.16. The van der Waals surface area contributed by atoms with Gasteiger partial charge in [-0.25, -0.2) is 18.4 Å². The molecule has 3 aromatic carbocycles. The van der Waals surface area contributed by atoms with Crippen LogP contribution >= 0.6 is 11.6 Å². The molecule has 0 saturated carbocycles. The Morgan fingerprint density at radius 3 is 2.18 bits per heavy atom. The van der Waals surface area contributed by atoms with Gasteiger partial charge >= 0.3 is 0 Å². The number of fused-ring (bicyclic) bond motifs is 1. The van der Waals surface area contributed by atoms with Crippen molar-refractivity contribution >= 4 is 49.5 Å². The monoisotopic (exact) mass is 480 g/mol. The molecule has 0 aliphatic heterocycles. The van der Waals surface area contributed by atoms with Crippen LogP contribution in [0.2, 0.25) is 5.02 Å². The van der Waals surface area contributed by atoms with Gasteiger partial charge in [-0.2, -0.15) is 0 Å². The second-order valence-electron chi connectivity index (χ2n) is 7.70. The van der Waals surface area contributed by atoms with Crippen LogP contribution in [0.25, 0.3) is 22.3 Å². The second-order valence-corrected chi connectivity index (χ2v) is 10.2. The molecule has 0 aliphatic carbocycles. The molecule has 0 fully saturated rings. The van der Waals surface area contributed by atoms with Crippen molar-refractivity contribution in [3.05, 3.63) is 71.8 Å². The van der Waals surface area contributed by atoms with Crippen LogP contribution in [-0.4, -0.2) is 37.7 Å². The molecule has 33 heavy (non-hydrogen) atoms. The largest absolute Gasteiger partial charge is 0.372 e. The van der Waals surface area contributed by atoms with E-state index in [1.807, 2.05) is 24.3 Å². The van der Waals surface area contributed by atoms with E-state index in [0.717, 1.165) is 29.9 Å². The number of hydrogen-bond donors (Lipinski definition) is 1. The number of rotatable bonds is 7. The van der Waals surface area contributed by atoms with Gasteiger partial charge in [0.25, 0.3) is 0 Å². The first-order valence-corrected chi connectivity index (χ1v) is 12.9. The lowest BCUT2D eigenvalue weighted by Crippen LogP contribution is -2.21. The van der Waals surface area contributed by atoms with Crippen LogP contribution in [0.4, 0.5) is 17.2 Å². The van der Waals surface area contributed by atoms with Gasteiger partial charge in [0, 0.05) is 46.7 Å². The molecule has 6 nitrogen and oxygen atoms in total. The summed E-state index contributed by atoms with van der Waals surface area (Å²) >= 11 is 6.22. The van der Waals surface area contributed by atoms with Gasteiger partial charge in [0.1, 0.15) is 5.82 Å². The van der Waals surface area contributed by atoms with E-state index in [2.05, 4.69) is 41.2 Å². The van der Waals surface area contributed by atoms with E-state index in [1.165, 1.54) is 6.26 Å². The van der Waals surface area contributed by atoms with E-state index in [1.54, 1.807) is 30.3 Å². The Bertz CT molecular complexity index is 1380. The van der Waals surface area contributed by atoms with Crippen molar-refractivity contribution in [1.29, 1.82) is 0 Å². The summed E-state index contributed by atoms with van der Waals surface area (Å²) in [4.78, 5) is 12.0. The predicted molar refractivity (Wildman–Crippen MR) is 136 cm³/mol. The van der Waals surface area contributed by atoms with Gasteiger partial charge in [-0.1, -0.05) is 11.6 Å². The minimum absolute atomic E-state index is 0.252. The molecule has 0 amide bonds. The fraction of sp³-hybridized carbons (Fsp3) is 0.200. The van der Waals surface area contributed by atoms with E-state index in [4.69, 9.17) is 16.6 Å². The Balaban J connectivity index is 1.74. The molecule has 4 rings (SSSR count). The highest BCUT2D eigenvalue weighted by Crippen LogP contribution is 2.30. The standard InChI is InChI=1S/C25H25ClN4O2S/c1-4-30(5-2)20-11-9-19(10-12-20)27-25-22-15-8-18(26)16-23(22)28-24(29-25)17-6-13-21(14-7-17)33(3,31)32/h6-16H,4-5H2,1-3H3,(H,27,28,29). The summed E-state index contributed by atoms with van der Waals surface area (Å²) in [6.45, 7) is 6.17. The quantitative estimate of drug-likeness (QED) is 0.352. The van der Waals surface area contributed by atoms with Gasteiger partial charge in [-0.05, 0) is 80.6 Å². The summed E-state index contributed by atoms with van der Waals surface area (Å²) in [5.41, 5.74) is 3.47. The number of sulfone groups is 1. The van der Waals surface area contributed by atoms with Crippen molar-refractivity contribution in [2.24, 2.45) is 0 Å². The zero-order chi connectivity index (χ0) is 23.6. The molecule has 0 radical (unpaired) electrons. The first-order chi connectivity index (χ1) is 15.8. The minimum atomic E-state index is -3.28. The average Bonchev–Trinajstić information content (AvgIpc) is 2.80. The molecule has 0 aliphatic rings. The molecular formula is C25H25ClN4O2S. The third-order valence-corrected chi connectivity index (χ3v) is 6.82. The fourth-order valence-electron chi connectivity index (χ4n) is 3.66. The number of nitrogens with one attached hydrogen (secondary N) is 1. The van der Waals surface area contributed by atoms with E-state index >= 15 is 0 Å². The van der Waals surface area contributed by atoms with E-state index in [-0.39, 0.29) is 4.90 Å². The average molecular weight is 481 g/mol. The highest BCUT2D eigenvalue weighted by Gasteiger charge is 2.13. The first-order valence-electron chi connectivity index (χ1n) is 10.7.